The second kappa shape index (κ2) is 8.15. The molecule has 0 spiro atoms. The maximum absolute atomic E-state index is 11.8. The van der Waals surface area contributed by atoms with E-state index in [2.05, 4.69) is 37.7 Å². The molecule has 1 fully saturated rings. The van der Waals surface area contributed by atoms with Gasteiger partial charge in [-0.25, -0.2) is 0 Å². The minimum atomic E-state index is 0.119. The Bertz CT molecular complexity index is 275. The summed E-state index contributed by atoms with van der Waals surface area (Å²) < 4.78 is 0.363. The maximum Gasteiger partial charge on any atom is 0.234 e. The van der Waals surface area contributed by atoms with Crippen molar-refractivity contribution in [2.24, 2.45) is 5.92 Å². The van der Waals surface area contributed by atoms with Gasteiger partial charge in [-0.05, 0) is 31.9 Å². The number of nitrogens with one attached hydrogen (secondary N) is 2. The first kappa shape index (κ1) is 16.8. The van der Waals surface area contributed by atoms with Gasteiger partial charge in [0.25, 0.3) is 0 Å². The van der Waals surface area contributed by atoms with Crippen molar-refractivity contribution in [2.45, 2.75) is 63.7 Å². The number of amides is 1. The van der Waals surface area contributed by atoms with Crippen LogP contribution in [0.15, 0.2) is 0 Å². The molecule has 0 aromatic carbocycles. The highest BCUT2D eigenvalue weighted by molar-refractivity contribution is 8.00. The summed E-state index contributed by atoms with van der Waals surface area (Å²) in [6.45, 7) is 7.72. The fourth-order valence-corrected chi connectivity index (χ4v) is 3.47. The summed E-state index contributed by atoms with van der Waals surface area (Å²) in [5.41, 5.74) is 0. The third-order valence-electron chi connectivity index (χ3n) is 4.32. The van der Waals surface area contributed by atoms with Crippen molar-refractivity contribution in [2.75, 3.05) is 19.3 Å². The SMILES string of the molecule is CSC1(CNCC(=O)NC(C)C(C)C)CCCCC1. The summed E-state index contributed by atoms with van der Waals surface area (Å²) in [7, 11) is 0. The van der Waals surface area contributed by atoms with Gasteiger partial charge in [0, 0.05) is 17.3 Å². The first-order valence-electron chi connectivity index (χ1n) is 7.54. The van der Waals surface area contributed by atoms with Gasteiger partial charge >= 0.3 is 0 Å². The largest absolute Gasteiger partial charge is 0.352 e. The number of carbonyl (C=O) groups excluding carboxylic acids is 1. The van der Waals surface area contributed by atoms with Crippen LogP contribution >= 0.6 is 11.8 Å². The zero-order chi connectivity index (χ0) is 14.3. The molecular weight excluding hydrogens is 256 g/mol. The van der Waals surface area contributed by atoms with E-state index in [1.807, 2.05) is 11.8 Å². The first-order chi connectivity index (χ1) is 8.99. The van der Waals surface area contributed by atoms with Gasteiger partial charge in [-0.2, -0.15) is 11.8 Å². The van der Waals surface area contributed by atoms with Crippen molar-refractivity contribution < 1.29 is 4.79 Å². The Morgan fingerprint density at radius 1 is 1.21 bits per heavy atom. The number of hydrogen-bond acceptors (Lipinski definition) is 3. The smallest absolute Gasteiger partial charge is 0.234 e. The van der Waals surface area contributed by atoms with E-state index in [9.17, 15) is 4.79 Å². The van der Waals surface area contributed by atoms with E-state index in [-0.39, 0.29) is 11.9 Å². The highest BCUT2D eigenvalue weighted by atomic mass is 32.2. The van der Waals surface area contributed by atoms with E-state index in [0.717, 1.165) is 6.54 Å². The Morgan fingerprint density at radius 3 is 2.37 bits per heavy atom. The minimum Gasteiger partial charge on any atom is -0.352 e. The molecule has 0 bridgehead atoms. The minimum absolute atomic E-state index is 0.119. The van der Waals surface area contributed by atoms with Crippen LogP contribution in [0.5, 0.6) is 0 Å². The van der Waals surface area contributed by atoms with Crippen LogP contribution in [-0.4, -0.2) is 36.0 Å². The van der Waals surface area contributed by atoms with E-state index in [1.54, 1.807) is 0 Å². The molecule has 1 amide bonds. The molecule has 0 aliphatic heterocycles. The van der Waals surface area contributed by atoms with Crippen LogP contribution in [0.3, 0.4) is 0 Å². The second-order valence-electron chi connectivity index (χ2n) is 6.15. The van der Waals surface area contributed by atoms with Gasteiger partial charge in [0.15, 0.2) is 0 Å². The summed E-state index contributed by atoms with van der Waals surface area (Å²) in [5.74, 6) is 0.605. The molecule has 1 unspecified atom stereocenters. The molecule has 0 aromatic heterocycles. The predicted molar refractivity (Wildman–Crippen MR) is 84.6 cm³/mol. The van der Waals surface area contributed by atoms with Crippen molar-refractivity contribution in [3.8, 4) is 0 Å². The molecule has 19 heavy (non-hydrogen) atoms. The highest BCUT2D eigenvalue weighted by Crippen LogP contribution is 2.37. The Kier molecular flexibility index (Phi) is 7.22. The van der Waals surface area contributed by atoms with Crippen LogP contribution in [0.1, 0.15) is 52.9 Å². The monoisotopic (exact) mass is 286 g/mol. The molecule has 1 saturated carbocycles. The molecule has 112 valence electrons. The summed E-state index contributed by atoms with van der Waals surface area (Å²) >= 11 is 1.97. The number of hydrogen-bond donors (Lipinski definition) is 2. The van der Waals surface area contributed by atoms with Crippen molar-refractivity contribution in [3.63, 3.8) is 0 Å². The van der Waals surface area contributed by atoms with Crippen LogP contribution < -0.4 is 10.6 Å². The standard InChI is InChI=1S/C15H30N2OS/c1-12(2)13(3)17-14(18)10-16-11-15(19-4)8-6-5-7-9-15/h12-13,16H,5-11H2,1-4H3,(H,17,18). The lowest BCUT2D eigenvalue weighted by Crippen LogP contribution is -2.45. The van der Waals surface area contributed by atoms with Crippen molar-refractivity contribution in [1.82, 2.24) is 10.6 Å². The Hall–Kier alpha value is -0.220. The molecule has 2 N–H and O–H groups in total. The third-order valence-corrected chi connectivity index (χ3v) is 5.74. The molecule has 1 atom stereocenters. The third kappa shape index (κ3) is 5.74. The molecule has 0 heterocycles. The van der Waals surface area contributed by atoms with E-state index < -0.39 is 0 Å². The molecule has 1 rings (SSSR count). The van der Waals surface area contributed by atoms with E-state index in [0.29, 0.717) is 17.2 Å². The molecule has 0 radical (unpaired) electrons. The number of rotatable bonds is 7. The van der Waals surface area contributed by atoms with Crippen LogP contribution in [0, 0.1) is 5.92 Å². The lowest BCUT2D eigenvalue weighted by molar-refractivity contribution is -0.121. The molecule has 4 heteroatoms. The molecule has 1 aliphatic carbocycles. The molecule has 1 aliphatic rings. The fourth-order valence-electron chi connectivity index (χ4n) is 2.52. The summed E-state index contributed by atoms with van der Waals surface area (Å²) in [6.07, 6.45) is 8.80. The fraction of sp³-hybridized carbons (Fsp3) is 0.933. The van der Waals surface area contributed by atoms with Gasteiger partial charge in [-0.1, -0.05) is 33.1 Å². The Morgan fingerprint density at radius 2 is 1.84 bits per heavy atom. The lowest BCUT2D eigenvalue weighted by atomic mass is 9.88. The zero-order valence-corrected chi connectivity index (χ0v) is 13.7. The van der Waals surface area contributed by atoms with Gasteiger partial charge in [-0.3, -0.25) is 4.79 Å². The number of carbonyl (C=O) groups is 1. The van der Waals surface area contributed by atoms with Crippen molar-refractivity contribution in [3.05, 3.63) is 0 Å². The van der Waals surface area contributed by atoms with Crippen LogP contribution in [0.2, 0.25) is 0 Å². The Labute approximate surface area is 122 Å². The molecule has 0 saturated heterocycles. The van der Waals surface area contributed by atoms with Gasteiger partial charge in [0.1, 0.15) is 0 Å². The maximum atomic E-state index is 11.8. The Balaban J connectivity index is 2.26. The quantitative estimate of drug-likeness (QED) is 0.756. The summed E-state index contributed by atoms with van der Waals surface area (Å²) in [5, 5.41) is 6.40. The van der Waals surface area contributed by atoms with Crippen molar-refractivity contribution >= 4 is 17.7 Å². The van der Waals surface area contributed by atoms with E-state index in [4.69, 9.17) is 0 Å². The van der Waals surface area contributed by atoms with Gasteiger partial charge < -0.3 is 10.6 Å². The molecular formula is C15H30N2OS. The van der Waals surface area contributed by atoms with Gasteiger partial charge in [0.05, 0.1) is 6.54 Å². The predicted octanol–water partition coefficient (Wildman–Crippen LogP) is 2.80. The van der Waals surface area contributed by atoms with E-state index in [1.165, 1.54) is 32.1 Å². The van der Waals surface area contributed by atoms with Crippen LogP contribution in [-0.2, 0) is 4.79 Å². The van der Waals surface area contributed by atoms with Gasteiger partial charge in [-0.15, -0.1) is 0 Å². The van der Waals surface area contributed by atoms with E-state index >= 15 is 0 Å². The highest BCUT2D eigenvalue weighted by Gasteiger charge is 2.30. The first-order valence-corrected chi connectivity index (χ1v) is 8.77. The van der Waals surface area contributed by atoms with Crippen molar-refractivity contribution in [1.29, 1.82) is 0 Å². The normalized spacial score (nSPS) is 20.3. The number of thioether (sulfide) groups is 1. The average molecular weight is 286 g/mol. The van der Waals surface area contributed by atoms with Crippen LogP contribution in [0.25, 0.3) is 0 Å². The van der Waals surface area contributed by atoms with Crippen LogP contribution in [0.4, 0.5) is 0 Å². The second-order valence-corrected chi connectivity index (χ2v) is 7.43. The topological polar surface area (TPSA) is 41.1 Å². The molecule has 0 aromatic rings. The van der Waals surface area contributed by atoms with Gasteiger partial charge in [0.2, 0.25) is 5.91 Å². The zero-order valence-electron chi connectivity index (χ0n) is 12.9. The average Bonchev–Trinajstić information content (AvgIpc) is 2.39. The summed E-state index contributed by atoms with van der Waals surface area (Å²) in [6, 6.07) is 0.249. The summed E-state index contributed by atoms with van der Waals surface area (Å²) in [4.78, 5) is 11.8. The molecule has 3 nitrogen and oxygen atoms in total. The lowest BCUT2D eigenvalue weighted by Gasteiger charge is -2.36.